The van der Waals surface area contributed by atoms with Crippen LogP contribution < -0.4 is 21.5 Å². The number of rotatable bonds is 7. The minimum atomic E-state index is -0.332. The zero-order valence-electron chi connectivity index (χ0n) is 20.3. The second kappa shape index (κ2) is 9.82. The summed E-state index contributed by atoms with van der Waals surface area (Å²) in [5.74, 6) is 1.07. The molecule has 12 heteroatoms. The fourth-order valence-corrected chi connectivity index (χ4v) is 4.53. The third-order valence-electron chi connectivity index (χ3n) is 6.42. The van der Waals surface area contributed by atoms with Gasteiger partial charge in [0, 0.05) is 32.5 Å². The number of anilines is 3. The number of aryl methyl sites for hydroxylation is 1. The molecule has 188 valence electrons. The Bertz CT molecular complexity index is 1460. The standard InChI is InChI=1S/C24H28N8O4/c1-14-24(36-13-26-14)31-9-5-8-18(23(31)34)29-19-11-20(25-2)32-21(30-19)17(12-27-32)22(33)28-15-6-4-7-16(10-15)35-3/h5,8-9,11-13,15-16,25H,4,6-7,10H2,1-3H3,(H,28,33)(H,29,30)/t15-,16-/m0/s1. The summed E-state index contributed by atoms with van der Waals surface area (Å²) in [5.41, 5.74) is 1.25. The Morgan fingerprint density at radius 1 is 1.31 bits per heavy atom. The SMILES string of the molecule is CNc1cc(Nc2cccn(-c3ocnc3C)c2=O)nc2c(C(=O)N[C@H]3CCC[C@H](OC)C3)cnn12. The van der Waals surface area contributed by atoms with Crippen molar-refractivity contribution in [1.82, 2.24) is 29.5 Å². The molecule has 0 saturated heterocycles. The first-order valence-corrected chi connectivity index (χ1v) is 11.8. The van der Waals surface area contributed by atoms with Crippen LogP contribution in [0.2, 0.25) is 0 Å². The Labute approximate surface area is 206 Å². The number of ether oxygens (including phenoxy) is 1. The minimum absolute atomic E-state index is 0.0264. The van der Waals surface area contributed by atoms with Crippen LogP contribution in [-0.2, 0) is 4.74 Å². The van der Waals surface area contributed by atoms with Crippen LogP contribution in [-0.4, -0.2) is 56.4 Å². The lowest BCUT2D eigenvalue weighted by atomic mass is 9.92. The largest absolute Gasteiger partial charge is 0.427 e. The molecule has 0 aliphatic heterocycles. The summed E-state index contributed by atoms with van der Waals surface area (Å²) in [4.78, 5) is 34.9. The second-order valence-corrected chi connectivity index (χ2v) is 8.73. The summed E-state index contributed by atoms with van der Waals surface area (Å²) in [5, 5.41) is 13.6. The molecule has 3 N–H and O–H groups in total. The van der Waals surface area contributed by atoms with E-state index in [-0.39, 0.29) is 29.3 Å². The number of carbonyl (C=O) groups is 1. The van der Waals surface area contributed by atoms with Gasteiger partial charge < -0.3 is 25.1 Å². The van der Waals surface area contributed by atoms with Gasteiger partial charge in [-0.3, -0.25) is 14.2 Å². The molecule has 1 aliphatic rings. The Morgan fingerprint density at radius 3 is 2.92 bits per heavy atom. The molecule has 2 atom stereocenters. The first-order valence-electron chi connectivity index (χ1n) is 11.8. The quantitative estimate of drug-likeness (QED) is 0.355. The number of oxazole rings is 1. The molecule has 0 spiro atoms. The lowest BCUT2D eigenvalue weighted by Crippen LogP contribution is -2.40. The summed E-state index contributed by atoms with van der Waals surface area (Å²) < 4.78 is 13.8. The Morgan fingerprint density at radius 2 is 2.17 bits per heavy atom. The topological polar surface area (TPSA) is 141 Å². The van der Waals surface area contributed by atoms with Gasteiger partial charge in [0.1, 0.15) is 28.6 Å². The molecule has 1 saturated carbocycles. The van der Waals surface area contributed by atoms with Crippen molar-refractivity contribution in [3.63, 3.8) is 0 Å². The molecular formula is C24H28N8O4. The molecule has 0 radical (unpaired) electrons. The number of methoxy groups -OCH3 is 1. The van der Waals surface area contributed by atoms with Gasteiger partial charge in [0.25, 0.3) is 11.5 Å². The van der Waals surface area contributed by atoms with Crippen molar-refractivity contribution in [1.29, 1.82) is 0 Å². The van der Waals surface area contributed by atoms with Crippen LogP contribution in [0.4, 0.5) is 17.3 Å². The highest BCUT2D eigenvalue weighted by atomic mass is 16.5. The van der Waals surface area contributed by atoms with Crippen LogP contribution in [0.1, 0.15) is 41.7 Å². The summed E-state index contributed by atoms with van der Waals surface area (Å²) in [7, 11) is 3.45. The average molecular weight is 493 g/mol. The zero-order chi connectivity index (χ0) is 25.2. The normalized spacial score (nSPS) is 17.8. The van der Waals surface area contributed by atoms with E-state index in [1.165, 1.54) is 17.2 Å². The molecule has 0 aromatic carbocycles. The van der Waals surface area contributed by atoms with Crippen molar-refractivity contribution < 1.29 is 13.9 Å². The van der Waals surface area contributed by atoms with Crippen LogP contribution in [0.5, 0.6) is 0 Å². The second-order valence-electron chi connectivity index (χ2n) is 8.73. The van der Waals surface area contributed by atoms with Gasteiger partial charge in [-0.05, 0) is 44.7 Å². The highest BCUT2D eigenvalue weighted by Crippen LogP contribution is 2.23. The molecule has 1 amide bonds. The maximum atomic E-state index is 13.2. The van der Waals surface area contributed by atoms with Crippen molar-refractivity contribution in [2.24, 2.45) is 0 Å². The van der Waals surface area contributed by atoms with E-state index < -0.39 is 0 Å². The van der Waals surface area contributed by atoms with Gasteiger partial charge in [0.15, 0.2) is 12.0 Å². The van der Waals surface area contributed by atoms with E-state index >= 15 is 0 Å². The first-order chi connectivity index (χ1) is 17.5. The minimum Gasteiger partial charge on any atom is -0.427 e. The van der Waals surface area contributed by atoms with E-state index in [1.54, 1.807) is 50.0 Å². The smallest absolute Gasteiger partial charge is 0.281 e. The van der Waals surface area contributed by atoms with Crippen molar-refractivity contribution >= 4 is 28.9 Å². The fraction of sp³-hybridized carbons (Fsp3) is 0.375. The first kappa shape index (κ1) is 23.5. The maximum absolute atomic E-state index is 13.2. The van der Waals surface area contributed by atoms with Crippen LogP contribution in [0.15, 0.2) is 46.2 Å². The van der Waals surface area contributed by atoms with Crippen molar-refractivity contribution in [3.8, 4) is 5.88 Å². The van der Waals surface area contributed by atoms with Gasteiger partial charge in [-0.2, -0.15) is 9.61 Å². The fourth-order valence-electron chi connectivity index (χ4n) is 4.53. The van der Waals surface area contributed by atoms with Crippen LogP contribution in [0.3, 0.4) is 0 Å². The predicted molar refractivity (Wildman–Crippen MR) is 133 cm³/mol. The molecule has 1 aliphatic carbocycles. The molecule has 1 fully saturated rings. The number of fused-ring (bicyclic) bond motifs is 1. The number of hydrogen-bond donors (Lipinski definition) is 3. The van der Waals surface area contributed by atoms with E-state index in [9.17, 15) is 9.59 Å². The monoisotopic (exact) mass is 492 g/mol. The Kier molecular flexibility index (Phi) is 6.42. The molecule has 5 rings (SSSR count). The number of amides is 1. The lowest BCUT2D eigenvalue weighted by molar-refractivity contribution is 0.0563. The number of pyridine rings is 1. The van der Waals surface area contributed by atoms with Crippen molar-refractivity contribution in [2.45, 2.75) is 44.8 Å². The lowest BCUT2D eigenvalue weighted by Gasteiger charge is -2.28. The number of nitrogens with zero attached hydrogens (tertiary/aromatic N) is 5. The molecule has 4 aromatic heterocycles. The Balaban J connectivity index is 1.46. The van der Waals surface area contributed by atoms with Gasteiger partial charge in [0.05, 0.1) is 12.3 Å². The van der Waals surface area contributed by atoms with E-state index in [1.807, 2.05) is 0 Å². The molecule has 4 heterocycles. The number of carbonyl (C=O) groups excluding carboxylic acids is 1. The number of nitrogens with one attached hydrogen (secondary N) is 3. The van der Waals surface area contributed by atoms with Crippen molar-refractivity contribution in [2.75, 3.05) is 24.8 Å². The van der Waals surface area contributed by atoms with E-state index in [0.29, 0.717) is 34.4 Å². The summed E-state index contributed by atoms with van der Waals surface area (Å²) in [6.45, 7) is 1.76. The number of hydrogen-bond acceptors (Lipinski definition) is 9. The molecule has 4 aromatic rings. The summed E-state index contributed by atoms with van der Waals surface area (Å²) >= 11 is 0. The molecule has 0 unspecified atom stereocenters. The summed E-state index contributed by atoms with van der Waals surface area (Å²) in [6, 6.07) is 5.11. The van der Waals surface area contributed by atoms with Gasteiger partial charge in [0.2, 0.25) is 5.88 Å². The van der Waals surface area contributed by atoms with Gasteiger partial charge >= 0.3 is 0 Å². The number of aromatic nitrogens is 5. The summed E-state index contributed by atoms with van der Waals surface area (Å²) in [6.07, 6.45) is 8.22. The van der Waals surface area contributed by atoms with Gasteiger partial charge in [-0.25, -0.2) is 9.97 Å². The Hall–Kier alpha value is -4.19. The van der Waals surface area contributed by atoms with E-state index in [4.69, 9.17) is 9.15 Å². The molecule has 0 bridgehead atoms. The third kappa shape index (κ3) is 4.42. The van der Waals surface area contributed by atoms with Crippen LogP contribution in [0, 0.1) is 6.92 Å². The zero-order valence-corrected chi connectivity index (χ0v) is 20.3. The molecule has 36 heavy (non-hydrogen) atoms. The average Bonchev–Trinajstić information content (AvgIpc) is 3.51. The predicted octanol–water partition coefficient (Wildman–Crippen LogP) is 2.65. The van der Waals surface area contributed by atoms with Crippen LogP contribution >= 0.6 is 0 Å². The third-order valence-corrected chi connectivity index (χ3v) is 6.42. The van der Waals surface area contributed by atoms with E-state index in [2.05, 4.69) is 31.0 Å². The van der Waals surface area contributed by atoms with E-state index in [0.717, 1.165) is 25.7 Å². The van der Waals surface area contributed by atoms with Gasteiger partial charge in [-0.1, -0.05) is 0 Å². The highest BCUT2D eigenvalue weighted by Gasteiger charge is 2.25. The van der Waals surface area contributed by atoms with Gasteiger partial charge in [-0.15, -0.1) is 0 Å². The highest BCUT2D eigenvalue weighted by molar-refractivity contribution is 6.00. The van der Waals surface area contributed by atoms with Crippen LogP contribution in [0.25, 0.3) is 11.5 Å². The molecule has 12 nitrogen and oxygen atoms in total. The van der Waals surface area contributed by atoms with Crippen molar-refractivity contribution in [3.05, 3.63) is 58.6 Å². The maximum Gasteiger partial charge on any atom is 0.281 e. The molecular weight excluding hydrogens is 464 g/mol.